The molecule has 0 saturated heterocycles. The molecule has 1 nitrogen and oxygen atoms in total. The Morgan fingerprint density at radius 2 is 1.04 bits per heavy atom. The summed E-state index contributed by atoms with van der Waals surface area (Å²) in [6.07, 6.45) is 12.7. The number of fused-ring (bicyclic) bond motifs is 2. The van der Waals surface area contributed by atoms with Crippen LogP contribution < -0.4 is 0 Å². The van der Waals surface area contributed by atoms with Gasteiger partial charge in [0.25, 0.3) is 0 Å². The Morgan fingerprint density at radius 1 is 0.538 bits per heavy atom. The van der Waals surface area contributed by atoms with Crippen molar-refractivity contribution in [2.45, 2.75) is 62.3 Å². The Kier molecular flexibility index (Phi) is 19.5. The van der Waals surface area contributed by atoms with Crippen molar-refractivity contribution in [1.82, 2.24) is 0 Å². The average Bonchev–Trinajstić information content (AvgIpc) is 3.16. The summed E-state index contributed by atoms with van der Waals surface area (Å²) in [5.74, 6) is 0.477. The number of allylic oxidation sites excluding steroid dienone is 7. The van der Waals surface area contributed by atoms with Crippen LogP contribution in [0, 0.1) is 45.9 Å². The maximum absolute atomic E-state index is 7.14. The van der Waals surface area contributed by atoms with E-state index in [0.717, 1.165) is 5.57 Å². The van der Waals surface area contributed by atoms with E-state index >= 15 is 0 Å². The maximum Gasteiger partial charge on any atom is 0.0247 e. The summed E-state index contributed by atoms with van der Waals surface area (Å²) in [5.41, 5.74) is 10.3. The van der Waals surface area contributed by atoms with E-state index in [-0.39, 0.29) is 0 Å². The van der Waals surface area contributed by atoms with Crippen LogP contribution in [0.25, 0.3) is 32.7 Å². The van der Waals surface area contributed by atoms with Crippen molar-refractivity contribution >= 4 is 27.8 Å². The van der Waals surface area contributed by atoms with Crippen molar-refractivity contribution in [3.63, 3.8) is 0 Å². The normalized spacial score (nSPS) is 10.7. The fourth-order valence-corrected chi connectivity index (χ4v) is 5.50. The van der Waals surface area contributed by atoms with Gasteiger partial charge < -0.3 is 5.41 Å². The lowest BCUT2D eigenvalue weighted by molar-refractivity contribution is 0.829. The minimum absolute atomic E-state index is 0.477. The molecule has 0 aliphatic carbocycles. The van der Waals surface area contributed by atoms with Crippen LogP contribution >= 0.6 is 0 Å². The Hall–Kier alpha value is -5.53. The van der Waals surface area contributed by atoms with E-state index in [1.54, 1.807) is 6.08 Å². The molecule has 0 radical (unpaired) electrons. The second kappa shape index (κ2) is 23.8. The summed E-state index contributed by atoms with van der Waals surface area (Å²) in [6, 6.07) is 44.9. The number of hydrogen-bond donors (Lipinski definition) is 1. The van der Waals surface area contributed by atoms with Gasteiger partial charge >= 0.3 is 0 Å². The lowest BCUT2D eigenvalue weighted by atomic mass is 9.93. The van der Waals surface area contributed by atoms with Crippen LogP contribution in [0.3, 0.4) is 0 Å². The molecule has 0 fully saturated rings. The molecule has 52 heavy (non-hydrogen) atoms. The van der Waals surface area contributed by atoms with Crippen molar-refractivity contribution in [1.29, 1.82) is 5.41 Å². The summed E-state index contributed by atoms with van der Waals surface area (Å²) >= 11 is 0. The van der Waals surface area contributed by atoms with Gasteiger partial charge in [-0.15, -0.1) is 0 Å². The first-order valence-electron chi connectivity index (χ1n) is 18.3. The molecule has 0 heterocycles. The van der Waals surface area contributed by atoms with Crippen molar-refractivity contribution < 1.29 is 0 Å². The SMILES string of the molecule is C=C\C=C/C=C/C(C=N)=C/C(C)C.CC.Cc1ccc(C)cc1.Cc1cccc2ccccc12.Cc1ccccc1-c1cccc2cccc(C)c12. The first kappa shape index (κ1) is 42.6. The van der Waals surface area contributed by atoms with Crippen LogP contribution in [0.15, 0.2) is 176 Å². The highest BCUT2D eigenvalue weighted by molar-refractivity contribution is 5.99. The minimum Gasteiger partial charge on any atom is -0.308 e. The lowest BCUT2D eigenvalue weighted by Gasteiger charge is -2.11. The van der Waals surface area contributed by atoms with E-state index in [2.05, 4.69) is 182 Å². The van der Waals surface area contributed by atoms with E-state index in [1.807, 2.05) is 44.2 Å². The Labute approximate surface area is 315 Å². The molecule has 0 unspecified atom stereocenters. The summed E-state index contributed by atoms with van der Waals surface area (Å²) in [6.45, 7) is 22.4. The van der Waals surface area contributed by atoms with Crippen LogP contribution in [0.4, 0.5) is 0 Å². The molecule has 1 N–H and O–H groups in total. The summed E-state index contributed by atoms with van der Waals surface area (Å²) in [5, 5.41) is 12.5. The highest BCUT2D eigenvalue weighted by Crippen LogP contribution is 2.32. The van der Waals surface area contributed by atoms with Crippen molar-refractivity contribution in [3.05, 3.63) is 204 Å². The molecule has 0 aliphatic heterocycles. The molecular formula is C51H59N. The maximum atomic E-state index is 7.14. The fraction of sp³-hybridized carbons (Fsp3) is 0.196. The third kappa shape index (κ3) is 14.4. The molecule has 0 atom stereocenters. The number of benzene rings is 6. The Balaban J connectivity index is 0.000000246. The molecule has 1 heteroatoms. The van der Waals surface area contributed by atoms with Gasteiger partial charge in [-0.2, -0.15) is 0 Å². The van der Waals surface area contributed by atoms with E-state index in [0.29, 0.717) is 5.92 Å². The molecule has 6 aromatic carbocycles. The monoisotopic (exact) mass is 685 g/mol. The lowest BCUT2D eigenvalue weighted by Crippen LogP contribution is -1.87. The van der Waals surface area contributed by atoms with Gasteiger partial charge in [-0.25, -0.2) is 0 Å². The highest BCUT2D eigenvalue weighted by atomic mass is 14.3. The van der Waals surface area contributed by atoms with E-state index in [1.165, 1.54) is 66.7 Å². The van der Waals surface area contributed by atoms with E-state index in [4.69, 9.17) is 5.41 Å². The summed E-state index contributed by atoms with van der Waals surface area (Å²) in [4.78, 5) is 0. The number of nitrogens with one attached hydrogen (secondary N) is 1. The second-order valence-electron chi connectivity index (χ2n) is 12.8. The molecule has 0 amide bonds. The van der Waals surface area contributed by atoms with Gasteiger partial charge in [-0.3, -0.25) is 0 Å². The van der Waals surface area contributed by atoms with Crippen molar-refractivity contribution in [3.8, 4) is 11.1 Å². The van der Waals surface area contributed by atoms with Gasteiger partial charge in [0.15, 0.2) is 0 Å². The molecule has 0 bridgehead atoms. The van der Waals surface area contributed by atoms with Gasteiger partial charge in [0.05, 0.1) is 0 Å². The number of aryl methyl sites for hydroxylation is 5. The van der Waals surface area contributed by atoms with Crippen LogP contribution in [0.1, 0.15) is 55.5 Å². The van der Waals surface area contributed by atoms with Gasteiger partial charge in [-0.05, 0) is 95.5 Å². The van der Waals surface area contributed by atoms with Crippen LogP contribution in [-0.4, -0.2) is 6.21 Å². The van der Waals surface area contributed by atoms with Gasteiger partial charge in [0.2, 0.25) is 0 Å². The zero-order valence-electron chi connectivity index (χ0n) is 33.0. The van der Waals surface area contributed by atoms with Crippen molar-refractivity contribution in [2.24, 2.45) is 5.92 Å². The quantitative estimate of drug-likeness (QED) is 0.133. The number of hydrogen-bond acceptors (Lipinski definition) is 1. The molecule has 0 aromatic heterocycles. The molecular weight excluding hydrogens is 627 g/mol. The van der Waals surface area contributed by atoms with Crippen LogP contribution in [-0.2, 0) is 0 Å². The standard InChI is InChI=1S/C18H16.C12H17N.C11H10.C8H10.C2H6/c1-13-7-3-4-11-16(13)17-12-6-10-15-9-5-8-14(2)18(15)17;1-4-5-6-7-8-12(10-13)9-11(2)3;1-9-5-4-7-10-6-2-3-8-11(9)10;1-7-3-5-8(2)6-4-7;1-2/h3-12H,1-2H3;4-11,13H,1H2,2-3H3;2-8H,1H3;3-6H,1-2H3;1-2H3/b;6-5-,8-7+,12-9-,13-10?;;;. The van der Waals surface area contributed by atoms with Crippen molar-refractivity contribution in [2.75, 3.05) is 0 Å². The van der Waals surface area contributed by atoms with E-state index < -0.39 is 0 Å². The van der Waals surface area contributed by atoms with Crippen LogP contribution in [0.2, 0.25) is 0 Å². The fourth-order valence-electron chi connectivity index (χ4n) is 5.50. The first-order valence-corrected chi connectivity index (χ1v) is 18.3. The largest absolute Gasteiger partial charge is 0.308 e. The Morgan fingerprint density at radius 3 is 1.62 bits per heavy atom. The molecule has 0 spiro atoms. The second-order valence-corrected chi connectivity index (χ2v) is 12.8. The minimum atomic E-state index is 0.477. The summed E-state index contributed by atoms with van der Waals surface area (Å²) < 4.78 is 0. The third-order valence-electron chi connectivity index (χ3n) is 8.11. The molecule has 6 aromatic rings. The zero-order valence-corrected chi connectivity index (χ0v) is 33.0. The first-order chi connectivity index (χ1) is 25.1. The Bertz CT molecular complexity index is 2020. The summed E-state index contributed by atoms with van der Waals surface area (Å²) in [7, 11) is 0. The van der Waals surface area contributed by atoms with Gasteiger partial charge in [0, 0.05) is 6.21 Å². The molecule has 0 saturated carbocycles. The van der Waals surface area contributed by atoms with Crippen LogP contribution in [0.5, 0.6) is 0 Å². The zero-order chi connectivity index (χ0) is 38.3. The topological polar surface area (TPSA) is 23.9 Å². The molecule has 6 rings (SSSR count). The van der Waals surface area contributed by atoms with E-state index in [9.17, 15) is 0 Å². The molecule has 0 aliphatic rings. The molecule has 268 valence electrons. The predicted molar refractivity (Wildman–Crippen MR) is 235 cm³/mol. The predicted octanol–water partition coefficient (Wildman–Crippen LogP) is 15.1. The van der Waals surface area contributed by atoms with Gasteiger partial charge in [0.1, 0.15) is 0 Å². The van der Waals surface area contributed by atoms with Gasteiger partial charge in [-0.1, -0.05) is 209 Å². The highest BCUT2D eigenvalue weighted by Gasteiger charge is 2.07. The third-order valence-corrected chi connectivity index (χ3v) is 8.11. The average molecular weight is 686 g/mol. The number of rotatable bonds is 6. The smallest absolute Gasteiger partial charge is 0.0247 e.